The predicted molar refractivity (Wildman–Crippen MR) is 125 cm³/mol. The summed E-state index contributed by atoms with van der Waals surface area (Å²) in [6, 6.07) is 16.5. The molecule has 1 aliphatic rings. The molecule has 0 bridgehead atoms. The van der Waals surface area contributed by atoms with E-state index in [2.05, 4.69) is 65.2 Å². The molecule has 0 saturated carbocycles. The lowest BCUT2D eigenvalue weighted by Crippen LogP contribution is -2.44. The molecule has 5 nitrogen and oxygen atoms in total. The Morgan fingerprint density at radius 3 is 2.47 bits per heavy atom. The van der Waals surface area contributed by atoms with E-state index in [9.17, 15) is 0 Å². The van der Waals surface area contributed by atoms with Crippen LogP contribution in [0, 0.1) is 13.8 Å². The van der Waals surface area contributed by atoms with Gasteiger partial charge in [-0.2, -0.15) is 0 Å². The maximum atomic E-state index is 5.90. The highest BCUT2D eigenvalue weighted by atomic mass is 32.1. The third-order valence-electron chi connectivity index (χ3n) is 5.50. The van der Waals surface area contributed by atoms with Crippen molar-refractivity contribution in [1.29, 1.82) is 0 Å². The van der Waals surface area contributed by atoms with Gasteiger partial charge in [0.05, 0.1) is 14.2 Å². The maximum absolute atomic E-state index is 5.90. The highest BCUT2D eigenvalue weighted by molar-refractivity contribution is 7.80. The molecule has 0 radical (unpaired) electrons. The number of nitrogens with one attached hydrogen (secondary N) is 1. The Morgan fingerprint density at radius 1 is 1.00 bits per heavy atom. The molecule has 6 heteroatoms. The first kappa shape index (κ1) is 20.3. The van der Waals surface area contributed by atoms with E-state index in [1.54, 1.807) is 14.2 Å². The normalized spacial score (nSPS) is 15.5. The van der Waals surface area contributed by atoms with Crippen LogP contribution in [0.3, 0.4) is 0 Å². The topological polar surface area (TPSA) is 38.7 Å². The highest BCUT2D eigenvalue weighted by Crippen LogP contribution is 2.39. The van der Waals surface area contributed by atoms with Crippen molar-refractivity contribution in [2.75, 3.05) is 26.1 Å². The maximum Gasteiger partial charge on any atom is 0.174 e. The van der Waals surface area contributed by atoms with Gasteiger partial charge in [0.2, 0.25) is 0 Å². The molecule has 3 aromatic rings. The quantitative estimate of drug-likeness (QED) is 0.605. The van der Waals surface area contributed by atoms with Crippen molar-refractivity contribution in [3.8, 4) is 11.5 Å². The molecule has 1 aliphatic heterocycles. The number of benzene rings is 2. The van der Waals surface area contributed by atoms with Crippen LogP contribution in [0.15, 0.2) is 54.7 Å². The third-order valence-corrected chi connectivity index (χ3v) is 5.84. The smallest absolute Gasteiger partial charge is 0.174 e. The summed E-state index contributed by atoms with van der Waals surface area (Å²) < 4.78 is 13.5. The standard InChI is InChI=1S/C24H27N3O2S/c1-16-12-17(2)14-18(13-16)25-24(30)27-11-10-26-9-5-6-21(26)23(27)20-15-19(28-3)7-8-22(20)29-4/h5-9,12-15,23H,10-11H2,1-4H3,(H,25,30). The van der Waals surface area contributed by atoms with Crippen LogP contribution in [-0.2, 0) is 6.54 Å². The molecule has 1 unspecified atom stereocenters. The Balaban J connectivity index is 1.75. The van der Waals surface area contributed by atoms with Gasteiger partial charge in [0, 0.05) is 36.2 Å². The fraction of sp³-hybridized carbons (Fsp3) is 0.292. The fourth-order valence-corrected chi connectivity index (χ4v) is 4.54. The second-order valence-electron chi connectivity index (χ2n) is 7.64. The van der Waals surface area contributed by atoms with E-state index in [-0.39, 0.29) is 6.04 Å². The average molecular weight is 422 g/mol. The van der Waals surface area contributed by atoms with Crippen molar-refractivity contribution in [1.82, 2.24) is 9.47 Å². The molecule has 1 aromatic heterocycles. The number of hydrogen-bond acceptors (Lipinski definition) is 3. The Hall–Kier alpha value is -2.99. The molecule has 30 heavy (non-hydrogen) atoms. The lowest BCUT2D eigenvalue weighted by Gasteiger charge is -2.39. The van der Waals surface area contributed by atoms with Crippen LogP contribution in [0.5, 0.6) is 11.5 Å². The molecule has 0 fully saturated rings. The summed E-state index contributed by atoms with van der Waals surface area (Å²) in [5.41, 5.74) is 5.63. The predicted octanol–water partition coefficient (Wildman–Crippen LogP) is 4.92. The van der Waals surface area contributed by atoms with Crippen LogP contribution in [-0.4, -0.2) is 35.3 Å². The van der Waals surface area contributed by atoms with Crippen LogP contribution in [0.4, 0.5) is 5.69 Å². The number of thiocarbonyl (C=S) groups is 1. The Bertz CT molecular complexity index is 1060. The minimum Gasteiger partial charge on any atom is -0.497 e. The molecule has 4 rings (SSSR count). The fourth-order valence-electron chi connectivity index (χ4n) is 4.22. The molecule has 0 amide bonds. The molecule has 1 atom stereocenters. The van der Waals surface area contributed by atoms with Gasteiger partial charge in [0.1, 0.15) is 17.5 Å². The van der Waals surface area contributed by atoms with Crippen LogP contribution in [0.25, 0.3) is 0 Å². The third kappa shape index (κ3) is 3.87. The van der Waals surface area contributed by atoms with Gasteiger partial charge in [0.25, 0.3) is 0 Å². The number of rotatable bonds is 4. The molecule has 0 spiro atoms. The molecule has 156 valence electrons. The summed E-state index contributed by atoms with van der Waals surface area (Å²) in [5.74, 6) is 1.61. The number of hydrogen-bond donors (Lipinski definition) is 1. The number of ether oxygens (including phenoxy) is 2. The Labute approximate surface area is 183 Å². The van der Waals surface area contributed by atoms with Crippen molar-refractivity contribution in [3.05, 3.63) is 77.1 Å². The van der Waals surface area contributed by atoms with Gasteiger partial charge in [-0.25, -0.2) is 0 Å². The second kappa shape index (κ2) is 8.40. The van der Waals surface area contributed by atoms with Gasteiger partial charge in [-0.15, -0.1) is 0 Å². The SMILES string of the molecule is COc1ccc(OC)c(C2c3cccn3CCN2C(=S)Nc2cc(C)cc(C)c2)c1. The van der Waals surface area contributed by atoms with E-state index in [1.807, 2.05) is 18.2 Å². The number of nitrogens with zero attached hydrogens (tertiary/aromatic N) is 2. The van der Waals surface area contributed by atoms with Crippen LogP contribution >= 0.6 is 12.2 Å². The van der Waals surface area contributed by atoms with Gasteiger partial charge in [0.15, 0.2) is 5.11 Å². The average Bonchev–Trinajstić information content (AvgIpc) is 3.20. The summed E-state index contributed by atoms with van der Waals surface area (Å²) in [6.45, 7) is 5.86. The second-order valence-corrected chi connectivity index (χ2v) is 8.02. The van der Waals surface area contributed by atoms with Gasteiger partial charge in [-0.1, -0.05) is 6.07 Å². The van der Waals surface area contributed by atoms with Gasteiger partial charge in [-0.05, 0) is 79.7 Å². The minimum absolute atomic E-state index is 0.0790. The summed E-state index contributed by atoms with van der Waals surface area (Å²) in [7, 11) is 3.38. The molecule has 2 heterocycles. The molecular weight excluding hydrogens is 394 g/mol. The lowest BCUT2D eigenvalue weighted by atomic mass is 9.98. The first-order chi connectivity index (χ1) is 14.5. The zero-order valence-electron chi connectivity index (χ0n) is 17.8. The van der Waals surface area contributed by atoms with Crippen LogP contribution in [0.2, 0.25) is 0 Å². The van der Waals surface area contributed by atoms with Crippen molar-refractivity contribution < 1.29 is 9.47 Å². The zero-order valence-corrected chi connectivity index (χ0v) is 18.6. The van der Waals surface area contributed by atoms with E-state index in [0.717, 1.165) is 35.8 Å². The zero-order chi connectivity index (χ0) is 21.3. The first-order valence-electron chi connectivity index (χ1n) is 10.0. The van der Waals surface area contributed by atoms with Crippen molar-refractivity contribution in [2.45, 2.75) is 26.4 Å². The van der Waals surface area contributed by atoms with E-state index in [4.69, 9.17) is 21.7 Å². The van der Waals surface area contributed by atoms with Crippen molar-refractivity contribution >= 4 is 23.0 Å². The minimum atomic E-state index is -0.0790. The highest BCUT2D eigenvalue weighted by Gasteiger charge is 2.33. The van der Waals surface area contributed by atoms with E-state index < -0.39 is 0 Å². The summed E-state index contributed by atoms with van der Waals surface area (Å²) in [4.78, 5) is 2.24. The van der Waals surface area contributed by atoms with Gasteiger partial charge in [-0.3, -0.25) is 0 Å². The first-order valence-corrected chi connectivity index (χ1v) is 10.4. The van der Waals surface area contributed by atoms with Crippen LogP contribution in [0.1, 0.15) is 28.4 Å². The monoisotopic (exact) mass is 421 g/mol. The Kier molecular flexibility index (Phi) is 5.68. The summed E-state index contributed by atoms with van der Waals surface area (Å²) in [6.07, 6.45) is 2.12. The summed E-state index contributed by atoms with van der Waals surface area (Å²) in [5, 5.41) is 4.15. The largest absolute Gasteiger partial charge is 0.497 e. The summed E-state index contributed by atoms with van der Waals surface area (Å²) >= 11 is 5.90. The molecule has 0 aliphatic carbocycles. The van der Waals surface area contributed by atoms with Crippen molar-refractivity contribution in [3.63, 3.8) is 0 Å². The molecule has 0 saturated heterocycles. The number of aryl methyl sites for hydroxylation is 2. The van der Waals surface area contributed by atoms with Crippen LogP contribution < -0.4 is 14.8 Å². The number of anilines is 1. The van der Waals surface area contributed by atoms with Crippen molar-refractivity contribution in [2.24, 2.45) is 0 Å². The Morgan fingerprint density at radius 2 is 1.77 bits per heavy atom. The number of methoxy groups -OCH3 is 2. The lowest BCUT2D eigenvalue weighted by molar-refractivity contribution is 0.284. The molecular formula is C24H27N3O2S. The van der Waals surface area contributed by atoms with E-state index in [0.29, 0.717) is 5.11 Å². The number of aromatic nitrogens is 1. The van der Waals surface area contributed by atoms with E-state index in [1.165, 1.54) is 16.8 Å². The molecule has 2 aromatic carbocycles. The van der Waals surface area contributed by atoms with E-state index >= 15 is 0 Å². The number of fused-ring (bicyclic) bond motifs is 1. The van der Waals surface area contributed by atoms with Gasteiger partial charge < -0.3 is 24.3 Å². The van der Waals surface area contributed by atoms with Gasteiger partial charge >= 0.3 is 0 Å². The molecule has 1 N–H and O–H groups in total.